The van der Waals surface area contributed by atoms with Gasteiger partial charge in [-0.3, -0.25) is 9.59 Å². The number of nitrogens with zero attached hydrogens (tertiary/aromatic N) is 2. The molecule has 2 atom stereocenters. The third kappa shape index (κ3) is 3.72. The summed E-state index contributed by atoms with van der Waals surface area (Å²) < 4.78 is 13.6. The Labute approximate surface area is 160 Å². The molecule has 1 fully saturated rings. The number of hydrazine groups is 1. The van der Waals surface area contributed by atoms with E-state index in [0.717, 1.165) is 0 Å². The molecule has 0 spiro atoms. The number of halogens is 1. The molecule has 1 aromatic heterocycles. The van der Waals surface area contributed by atoms with E-state index in [1.807, 2.05) is 17.5 Å². The topological polar surface area (TPSA) is 64.7 Å². The minimum atomic E-state index is -0.362. The van der Waals surface area contributed by atoms with Gasteiger partial charge in [-0.25, -0.2) is 9.82 Å². The lowest BCUT2D eigenvalue weighted by Crippen LogP contribution is -2.50. The van der Waals surface area contributed by atoms with Gasteiger partial charge in [0.05, 0.1) is 6.04 Å². The summed E-state index contributed by atoms with van der Waals surface area (Å²) in [7, 11) is 0. The summed E-state index contributed by atoms with van der Waals surface area (Å²) in [5.41, 5.74) is 3.73. The lowest BCUT2D eigenvalue weighted by molar-refractivity contribution is -0.138. The van der Waals surface area contributed by atoms with E-state index in [1.54, 1.807) is 46.9 Å². The molecule has 0 bridgehead atoms. The Morgan fingerprint density at radius 1 is 1.26 bits per heavy atom. The molecular weight excluding hydrogens is 367 g/mol. The fourth-order valence-corrected chi connectivity index (χ4v) is 4.07. The molecule has 0 aliphatic carbocycles. The van der Waals surface area contributed by atoms with Crippen LogP contribution in [0.15, 0.2) is 54.2 Å². The number of carbonyl (C=O) groups excluding carboxylic acids is 2. The molecule has 2 N–H and O–H groups in total. The number of hydrogen-bond acceptors (Lipinski definition) is 5. The molecule has 2 aliphatic rings. The van der Waals surface area contributed by atoms with E-state index in [9.17, 15) is 14.0 Å². The predicted molar refractivity (Wildman–Crippen MR) is 99.5 cm³/mol. The predicted octanol–water partition coefficient (Wildman–Crippen LogP) is 2.14. The van der Waals surface area contributed by atoms with Crippen molar-refractivity contribution in [2.24, 2.45) is 0 Å². The second-order valence-electron chi connectivity index (χ2n) is 6.49. The van der Waals surface area contributed by atoms with E-state index in [4.69, 9.17) is 0 Å². The van der Waals surface area contributed by atoms with Crippen molar-refractivity contribution in [3.63, 3.8) is 0 Å². The molecule has 27 heavy (non-hydrogen) atoms. The number of hydrogen-bond donors (Lipinski definition) is 2. The van der Waals surface area contributed by atoms with E-state index in [1.165, 1.54) is 15.8 Å². The van der Waals surface area contributed by atoms with Gasteiger partial charge in [0, 0.05) is 35.8 Å². The number of benzene rings is 1. The lowest BCUT2D eigenvalue weighted by atomic mass is 10.1. The molecule has 1 aromatic carbocycles. The quantitative estimate of drug-likeness (QED) is 0.826. The van der Waals surface area contributed by atoms with Gasteiger partial charge in [-0.2, -0.15) is 0 Å². The summed E-state index contributed by atoms with van der Waals surface area (Å²) in [6.07, 6.45) is 4.03. The van der Waals surface area contributed by atoms with E-state index >= 15 is 0 Å². The van der Waals surface area contributed by atoms with Gasteiger partial charge in [0.2, 0.25) is 5.91 Å². The first kappa shape index (κ1) is 17.7. The standard InChI is InChI=1S/C19H19FN4O2S/c20-14-5-2-1-4-13(14)11-21-18(25)12-23-7-8-24-16(19(23)26)10-15(22-24)17-6-3-9-27-17/h1-9,15-16,22H,10-12H2,(H,21,25). The zero-order valence-electron chi connectivity index (χ0n) is 14.5. The van der Waals surface area contributed by atoms with Crippen LogP contribution in [0.3, 0.4) is 0 Å². The van der Waals surface area contributed by atoms with Crippen molar-refractivity contribution in [2.75, 3.05) is 6.54 Å². The van der Waals surface area contributed by atoms with Crippen molar-refractivity contribution >= 4 is 23.2 Å². The van der Waals surface area contributed by atoms with Crippen LogP contribution in [-0.4, -0.2) is 34.3 Å². The summed E-state index contributed by atoms with van der Waals surface area (Å²) in [6.45, 7) is 0.00655. The van der Waals surface area contributed by atoms with Gasteiger partial charge in [-0.1, -0.05) is 24.3 Å². The third-order valence-corrected chi connectivity index (χ3v) is 5.70. The maximum Gasteiger partial charge on any atom is 0.251 e. The molecule has 0 radical (unpaired) electrons. The molecule has 2 unspecified atom stereocenters. The number of rotatable bonds is 5. The highest BCUT2D eigenvalue weighted by Gasteiger charge is 2.40. The number of amides is 2. The molecule has 6 nitrogen and oxygen atoms in total. The normalized spacial score (nSPS) is 21.4. The largest absolute Gasteiger partial charge is 0.350 e. The van der Waals surface area contributed by atoms with Gasteiger partial charge in [-0.05, 0) is 17.5 Å². The van der Waals surface area contributed by atoms with E-state index in [0.29, 0.717) is 12.0 Å². The van der Waals surface area contributed by atoms with Crippen LogP contribution in [0, 0.1) is 5.82 Å². The Balaban J connectivity index is 1.34. The van der Waals surface area contributed by atoms with Gasteiger partial charge >= 0.3 is 0 Å². The van der Waals surface area contributed by atoms with Crippen molar-refractivity contribution in [3.05, 3.63) is 70.4 Å². The van der Waals surface area contributed by atoms with Crippen molar-refractivity contribution in [1.29, 1.82) is 0 Å². The highest BCUT2D eigenvalue weighted by Crippen LogP contribution is 2.32. The molecule has 2 amide bonds. The number of carbonyl (C=O) groups is 2. The monoisotopic (exact) mass is 386 g/mol. The van der Waals surface area contributed by atoms with E-state index < -0.39 is 0 Å². The number of nitrogens with one attached hydrogen (secondary N) is 2. The zero-order chi connectivity index (χ0) is 18.8. The first-order valence-electron chi connectivity index (χ1n) is 8.68. The van der Waals surface area contributed by atoms with Crippen LogP contribution in [0.25, 0.3) is 0 Å². The van der Waals surface area contributed by atoms with Crippen LogP contribution in [-0.2, 0) is 16.1 Å². The van der Waals surface area contributed by atoms with Gasteiger partial charge in [-0.15, -0.1) is 11.3 Å². The molecule has 0 saturated carbocycles. The van der Waals surface area contributed by atoms with Crippen molar-refractivity contribution in [1.82, 2.24) is 20.7 Å². The first-order valence-corrected chi connectivity index (χ1v) is 9.56. The maximum atomic E-state index is 13.6. The first-order chi connectivity index (χ1) is 13.1. The lowest BCUT2D eigenvalue weighted by Gasteiger charge is -2.31. The Bertz CT molecular complexity index is 870. The molecule has 2 aromatic rings. The SMILES string of the molecule is O=C(CN1C=CN2NC(c3cccs3)CC2C1=O)NCc1ccccc1F. The van der Waals surface area contributed by atoms with Crippen LogP contribution in [0.2, 0.25) is 0 Å². The molecular formula is C19H19FN4O2S. The second-order valence-corrected chi connectivity index (χ2v) is 7.47. The van der Waals surface area contributed by atoms with Crippen LogP contribution in [0.5, 0.6) is 0 Å². The van der Waals surface area contributed by atoms with Crippen molar-refractivity contribution in [3.8, 4) is 0 Å². The maximum absolute atomic E-state index is 13.6. The van der Waals surface area contributed by atoms with Gasteiger partial charge in [0.15, 0.2) is 0 Å². The highest BCUT2D eigenvalue weighted by atomic mass is 32.1. The van der Waals surface area contributed by atoms with E-state index in [-0.39, 0.29) is 42.8 Å². The summed E-state index contributed by atoms with van der Waals surface area (Å²) in [5.74, 6) is -0.811. The Hall–Kier alpha value is -2.71. The number of fused-ring (bicyclic) bond motifs is 1. The highest BCUT2D eigenvalue weighted by molar-refractivity contribution is 7.10. The summed E-state index contributed by atoms with van der Waals surface area (Å²) in [4.78, 5) is 27.5. The smallest absolute Gasteiger partial charge is 0.251 e. The van der Waals surface area contributed by atoms with Crippen molar-refractivity contribution in [2.45, 2.75) is 25.0 Å². The van der Waals surface area contributed by atoms with Crippen LogP contribution < -0.4 is 10.7 Å². The molecule has 8 heteroatoms. The van der Waals surface area contributed by atoms with Gasteiger partial charge in [0.1, 0.15) is 18.4 Å². The minimum Gasteiger partial charge on any atom is -0.350 e. The summed E-state index contributed by atoms with van der Waals surface area (Å²) in [6, 6.07) is 10.1. The Morgan fingerprint density at radius 2 is 2.11 bits per heavy atom. The zero-order valence-corrected chi connectivity index (χ0v) is 15.3. The summed E-state index contributed by atoms with van der Waals surface area (Å²) >= 11 is 1.65. The fourth-order valence-electron chi connectivity index (χ4n) is 3.29. The van der Waals surface area contributed by atoms with Crippen LogP contribution >= 0.6 is 11.3 Å². The third-order valence-electron chi connectivity index (χ3n) is 4.71. The van der Waals surface area contributed by atoms with Gasteiger partial charge < -0.3 is 15.2 Å². The Kier molecular flexibility index (Phi) is 4.91. The fraction of sp³-hybridized carbons (Fsp3) is 0.263. The molecule has 140 valence electrons. The van der Waals surface area contributed by atoms with E-state index in [2.05, 4.69) is 10.7 Å². The minimum absolute atomic E-state index is 0.0855. The molecule has 4 rings (SSSR count). The average Bonchev–Trinajstić information content (AvgIpc) is 3.33. The molecule has 2 aliphatic heterocycles. The van der Waals surface area contributed by atoms with Gasteiger partial charge in [0.25, 0.3) is 5.91 Å². The van der Waals surface area contributed by atoms with Crippen molar-refractivity contribution < 1.29 is 14.0 Å². The van der Waals surface area contributed by atoms with Crippen LogP contribution in [0.4, 0.5) is 4.39 Å². The summed E-state index contributed by atoms with van der Waals surface area (Å²) in [5, 5.41) is 6.48. The average molecular weight is 386 g/mol. The van der Waals surface area contributed by atoms with Crippen LogP contribution in [0.1, 0.15) is 22.9 Å². The second kappa shape index (κ2) is 7.50. The molecule has 1 saturated heterocycles. The Morgan fingerprint density at radius 3 is 2.89 bits per heavy atom. The molecule has 3 heterocycles. The number of thiophene rings is 1.